The maximum atomic E-state index is 13.0. The van der Waals surface area contributed by atoms with Crippen LogP contribution in [-0.2, 0) is 19.1 Å². The van der Waals surface area contributed by atoms with E-state index in [1.807, 2.05) is 6.08 Å². The number of hydrogen-bond acceptors (Lipinski definition) is 4. The van der Waals surface area contributed by atoms with Crippen LogP contribution in [0.15, 0.2) is 11.6 Å². The van der Waals surface area contributed by atoms with Gasteiger partial charge >= 0.3 is 5.97 Å². The van der Waals surface area contributed by atoms with Gasteiger partial charge in [0.25, 0.3) is 0 Å². The summed E-state index contributed by atoms with van der Waals surface area (Å²) >= 11 is 0. The van der Waals surface area contributed by atoms with E-state index in [0.717, 1.165) is 44.9 Å². The van der Waals surface area contributed by atoms with Crippen LogP contribution in [0.25, 0.3) is 0 Å². The molecule has 0 spiro atoms. The van der Waals surface area contributed by atoms with Gasteiger partial charge in [0.05, 0.1) is 5.92 Å². The van der Waals surface area contributed by atoms with E-state index < -0.39 is 5.60 Å². The third-order valence-corrected chi connectivity index (χ3v) is 10.2. The van der Waals surface area contributed by atoms with Gasteiger partial charge in [-0.2, -0.15) is 0 Å². The minimum atomic E-state index is -0.939. The van der Waals surface area contributed by atoms with Crippen LogP contribution in [-0.4, -0.2) is 23.1 Å². The number of carbonyl (C=O) groups is 3. The summed E-state index contributed by atoms with van der Waals surface area (Å²) in [5.74, 6) is 2.11. The number of ketones is 2. The van der Waals surface area contributed by atoms with Gasteiger partial charge in [-0.15, -0.1) is 0 Å². The molecule has 0 bridgehead atoms. The standard InChI is InChI=1S/C26H36O4/c1-15-13-19-20(24(3)10-7-18(28)14-22(15)24)8-11-25(4)21(19)9-12-26(25,16(2)27)30-23(29)17-5-6-17/h14-15,17,19-21H,5-13H2,1-4H3/t15-,19+,20-,21-,24+,25-,26?/m0/s1. The van der Waals surface area contributed by atoms with E-state index in [1.165, 1.54) is 5.57 Å². The van der Waals surface area contributed by atoms with Crippen molar-refractivity contribution in [2.45, 2.75) is 91.1 Å². The largest absolute Gasteiger partial charge is 0.450 e. The number of ether oxygens (including phenoxy) is 1. The van der Waals surface area contributed by atoms with Crippen LogP contribution in [0, 0.1) is 40.4 Å². The molecule has 0 aliphatic heterocycles. The van der Waals surface area contributed by atoms with E-state index in [9.17, 15) is 14.4 Å². The molecule has 4 nitrogen and oxygen atoms in total. The van der Waals surface area contributed by atoms with Gasteiger partial charge in [-0.05, 0) is 93.5 Å². The quantitative estimate of drug-likeness (QED) is 0.609. The van der Waals surface area contributed by atoms with Crippen LogP contribution in [0.5, 0.6) is 0 Å². The molecule has 164 valence electrons. The van der Waals surface area contributed by atoms with Crippen LogP contribution < -0.4 is 0 Å². The van der Waals surface area contributed by atoms with E-state index in [0.29, 0.717) is 36.5 Å². The molecule has 0 heterocycles. The molecule has 5 rings (SSSR count). The summed E-state index contributed by atoms with van der Waals surface area (Å²) in [7, 11) is 0. The number of carbonyl (C=O) groups excluding carboxylic acids is 3. The highest BCUT2D eigenvalue weighted by molar-refractivity contribution is 5.92. The highest BCUT2D eigenvalue weighted by atomic mass is 16.6. The Morgan fingerprint density at radius 2 is 1.73 bits per heavy atom. The van der Waals surface area contributed by atoms with Gasteiger partial charge in [0, 0.05) is 11.8 Å². The summed E-state index contributed by atoms with van der Waals surface area (Å²) < 4.78 is 6.16. The molecule has 5 aliphatic rings. The molecule has 0 aromatic heterocycles. The summed E-state index contributed by atoms with van der Waals surface area (Å²) in [4.78, 5) is 37.9. The van der Waals surface area contributed by atoms with Crippen molar-refractivity contribution < 1.29 is 19.1 Å². The normalized spacial score (nSPS) is 47.6. The SMILES string of the molecule is CC(=O)C1(OC(=O)C2CC2)CC[C@H]2[C@@H]3C[C@H](C)C4=CC(=O)CC[C@]4(C)[C@H]3CC[C@@]21C. The van der Waals surface area contributed by atoms with E-state index in [2.05, 4.69) is 20.8 Å². The van der Waals surface area contributed by atoms with Gasteiger partial charge in [0.15, 0.2) is 17.2 Å². The second-order valence-corrected chi connectivity index (χ2v) is 11.6. The second kappa shape index (κ2) is 6.53. The lowest BCUT2D eigenvalue weighted by Gasteiger charge is -2.60. The number of rotatable bonds is 3. The zero-order valence-corrected chi connectivity index (χ0v) is 19.0. The monoisotopic (exact) mass is 412 g/mol. The first-order valence-corrected chi connectivity index (χ1v) is 12.1. The summed E-state index contributed by atoms with van der Waals surface area (Å²) in [6, 6.07) is 0. The van der Waals surface area contributed by atoms with E-state index in [-0.39, 0.29) is 34.3 Å². The number of Topliss-reactive ketones (excluding diaryl/α,β-unsaturated/α-hetero) is 1. The summed E-state index contributed by atoms with van der Waals surface area (Å²) in [6.07, 6.45) is 10.1. The Kier molecular flexibility index (Phi) is 4.45. The van der Waals surface area contributed by atoms with E-state index in [1.54, 1.807) is 6.92 Å². The smallest absolute Gasteiger partial charge is 0.309 e. The first-order chi connectivity index (χ1) is 14.1. The van der Waals surface area contributed by atoms with Gasteiger partial charge in [-0.25, -0.2) is 0 Å². The first kappa shape index (κ1) is 20.5. The maximum absolute atomic E-state index is 13.0. The molecule has 0 aromatic carbocycles. The van der Waals surface area contributed by atoms with Gasteiger partial charge in [-0.3, -0.25) is 14.4 Å². The van der Waals surface area contributed by atoms with Crippen LogP contribution in [0.2, 0.25) is 0 Å². The maximum Gasteiger partial charge on any atom is 0.309 e. The average molecular weight is 413 g/mol. The summed E-state index contributed by atoms with van der Waals surface area (Å²) in [6.45, 7) is 8.55. The highest BCUT2D eigenvalue weighted by Crippen LogP contribution is 2.69. The summed E-state index contributed by atoms with van der Waals surface area (Å²) in [5, 5.41) is 0. The Bertz CT molecular complexity index is 838. The fraction of sp³-hybridized carbons (Fsp3) is 0.808. The number of esters is 1. The fourth-order valence-corrected chi connectivity index (χ4v) is 8.37. The van der Waals surface area contributed by atoms with Crippen LogP contribution >= 0.6 is 0 Å². The fourth-order valence-electron chi connectivity index (χ4n) is 8.37. The zero-order valence-electron chi connectivity index (χ0n) is 19.0. The Hall–Kier alpha value is -1.45. The average Bonchev–Trinajstić information content (AvgIpc) is 3.48. The molecule has 0 radical (unpaired) electrons. The third kappa shape index (κ3) is 2.61. The molecule has 1 unspecified atom stereocenters. The van der Waals surface area contributed by atoms with Crippen molar-refractivity contribution in [3.8, 4) is 0 Å². The predicted molar refractivity (Wildman–Crippen MR) is 113 cm³/mol. The lowest BCUT2D eigenvalue weighted by Crippen LogP contribution is -2.59. The first-order valence-electron chi connectivity index (χ1n) is 12.1. The molecule has 0 amide bonds. The Morgan fingerprint density at radius 3 is 2.40 bits per heavy atom. The lowest BCUT2D eigenvalue weighted by molar-refractivity contribution is -0.190. The predicted octanol–water partition coefficient (Wildman–Crippen LogP) is 5.05. The van der Waals surface area contributed by atoms with Crippen LogP contribution in [0.3, 0.4) is 0 Å². The Labute approximate surface area is 180 Å². The molecule has 0 N–H and O–H groups in total. The molecule has 30 heavy (non-hydrogen) atoms. The van der Waals surface area contributed by atoms with Crippen molar-refractivity contribution in [2.24, 2.45) is 40.4 Å². The Balaban J connectivity index is 1.50. The van der Waals surface area contributed by atoms with Crippen molar-refractivity contribution in [1.82, 2.24) is 0 Å². The summed E-state index contributed by atoms with van der Waals surface area (Å²) in [5.41, 5.74) is 0.265. The zero-order chi connectivity index (χ0) is 21.5. The second-order valence-electron chi connectivity index (χ2n) is 11.6. The van der Waals surface area contributed by atoms with Crippen LogP contribution in [0.1, 0.15) is 85.5 Å². The number of hydrogen-bond donors (Lipinski definition) is 0. The molecule has 0 aromatic rings. The van der Waals surface area contributed by atoms with Gasteiger partial charge in [0.2, 0.25) is 0 Å². The molecule has 4 saturated carbocycles. The third-order valence-electron chi connectivity index (χ3n) is 10.2. The van der Waals surface area contributed by atoms with Crippen molar-refractivity contribution in [3.63, 3.8) is 0 Å². The molecular formula is C26H36O4. The van der Waals surface area contributed by atoms with Crippen LogP contribution in [0.4, 0.5) is 0 Å². The van der Waals surface area contributed by atoms with Crippen molar-refractivity contribution in [1.29, 1.82) is 0 Å². The molecule has 0 saturated heterocycles. The van der Waals surface area contributed by atoms with Crippen molar-refractivity contribution >= 4 is 17.5 Å². The van der Waals surface area contributed by atoms with E-state index >= 15 is 0 Å². The number of allylic oxidation sites excluding steroid dienone is 1. The van der Waals surface area contributed by atoms with Gasteiger partial charge in [-0.1, -0.05) is 26.3 Å². The van der Waals surface area contributed by atoms with E-state index in [4.69, 9.17) is 4.74 Å². The lowest BCUT2D eigenvalue weighted by atomic mass is 9.44. The molecule has 5 aliphatic carbocycles. The minimum Gasteiger partial charge on any atom is -0.450 e. The number of fused-ring (bicyclic) bond motifs is 5. The molecular weight excluding hydrogens is 376 g/mol. The van der Waals surface area contributed by atoms with Crippen molar-refractivity contribution in [2.75, 3.05) is 0 Å². The minimum absolute atomic E-state index is 0.0151. The van der Waals surface area contributed by atoms with Crippen molar-refractivity contribution in [3.05, 3.63) is 11.6 Å². The molecule has 4 heteroatoms. The van der Waals surface area contributed by atoms with Gasteiger partial charge < -0.3 is 4.74 Å². The topological polar surface area (TPSA) is 60.4 Å². The Morgan fingerprint density at radius 1 is 1.03 bits per heavy atom. The molecule has 4 fully saturated rings. The molecule has 7 atom stereocenters. The highest BCUT2D eigenvalue weighted by Gasteiger charge is 2.68. The van der Waals surface area contributed by atoms with Gasteiger partial charge in [0.1, 0.15) is 0 Å².